The van der Waals surface area contributed by atoms with E-state index < -0.39 is 20.2 Å². The molecule has 0 aromatic heterocycles. The Labute approximate surface area is 154 Å². The zero-order valence-electron chi connectivity index (χ0n) is 14.5. The second-order valence-electron chi connectivity index (χ2n) is 6.08. The highest BCUT2D eigenvalue weighted by atomic mass is 32.2. The summed E-state index contributed by atoms with van der Waals surface area (Å²) >= 11 is 0. The normalized spacial score (nSPS) is 14.8. The highest BCUT2D eigenvalue weighted by Gasteiger charge is 2.22. The Morgan fingerprint density at radius 3 is 1.12 bits per heavy atom. The minimum Gasteiger partial charge on any atom is -0.744 e. The van der Waals surface area contributed by atoms with Gasteiger partial charge in [0, 0.05) is 0 Å². The summed E-state index contributed by atoms with van der Waals surface area (Å²) < 4.78 is 66.5. The van der Waals surface area contributed by atoms with Crippen LogP contribution in [0.25, 0.3) is 0 Å². The van der Waals surface area contributed by atoms with E-state index in [1.54, 1.807) is 24.3 Å². The summed E-state index contributed by atoms with van der Waals surface area (Å²) in [5.41, 5.74) is 1.79. The second kappa shape index (κ2) is 7.87. The molecular formula is C18H20O6S2-2. The number of hydrogen-bond donors (Lipinski definition) is 0. The van der Waals surface area contributed by atoms with Gasteiger partial charge >= 0.3 is 0 Å². The van der Waals surface area contributed by atoms with E-state index in [0.29, 0.717) is 0 Å². The third-order valence-electron chi connectivity index (χ3n) is 4.56. The van der Waals surface area contributed by atoms with Crippen LogP contribution in [0, 0.1) is 0 Å². The van der Waals surface area contributed by atoms with Gasteiger partial charge in [0.05, 0.1) is 9.79 Å². The third-order valence-corrected chi connectivity index (χ3v) is 6.26. The third kappa shape index (κ3) is 4.70. The maximum atomic E-state index is 11.1. The van der Waals surface area contributed by atoms with Gasteiger partial charge in [-0.3, -0.25) is 0 Å². The van der Waals surface area contributed by atoms with Crippen LogP contribution in [0.4, 0.5) is 0 Å². The molecular weight excluding hydrogens is 376 g/mol. The summed E-state index contributed by atoms with van der Waals surface area (Å²) in [6.07, 6.45) is 1.53. The molecule has 0 radical (unpaired) electrons. The lowest BCUT2D eigenvalue weighted by Crippen LogP contribution is -2.11. The maximum absolute atomic E-state index is 11.1. The van der Waals surface area contributed by atoms with Crippen LogP contribution in [0.2, 0.25) is 0 Å². The zero-order valence-corrected chi connectivity index (χ0v) is 16.1. The highest BCUT2D eigenvalue weighted by Crippen LogP contribution is 2.38. The van der Waals surface area contributed by atoms with Crippen LogP contribution in [0.1, 0.15) is 49.7 Å². The summed E-state index contributed by atoms with van der Waals surface area (Å²) in [7, 11) is -8.97. The van der Waals surface area contributed by atoms with Crippen molar-refractivity contribution in [3.63, 3.8) is 0 Å². The Morgan fingerprint density at radius 2 is 0.923 bits per heavy atom. The molecule has 8 heteroatoms. The quantitative estimate of drug-likeness (QED) is 0.664. The summed E-state index contributed by atoms with van der Waals surface area (Å²) in [6, 6.07) is 11.8. The monoisotopic (exact) mass is 396 g/mol. The van der Waals surface area contributed by atoms with Gasteiger partial charge in [-0.15, -0.1) is 0 Å². The van der Waals surface area contributed by atoms with Gasteiger partial charge in [0.15, 0.2) is 0 Å². The lowest BCUT2D eigenvalue weighted by Gasteiger charge is -2.27. The molecule has 0 amide bonds. The van der Waals surface area contributed by atoms with Crippen LogP contribution < -0.4 is 0 Å². The molecule has 2 aromatic carbocycles. The predicted octanol–water partition coefficient (Wildman–Crippen LogP) is 3.18. The Balaban J connectivity index is 2.37. The van der Waals surface area contributed by atoms with Crippen LogP contribution in [-0.4, -0.2) is 25.9 Å². The van der Waals surface area contributed by atoms with Crippen LogP contribution in [0.5, 0.6) is 0 Å². The van der Waals surface area contributed by atoms with Gasteiger partial charge in [0.25, 0.3) is 0 Å². The fraction of sp³-hybridized carbons (Fsp3) is 0.333. The molecule has 0 bridgehead atoms. The first-order valence-corrected chi connectivity index (χ1v) is 11.0. The lowest BCUT2D eigenvalue weighted by atomic mass is 9.78. The SMILES string of the molecule is CC[C@H](c1ccc(S(=O)(=O)[O-])cc1)[C@@H](CC)c1ccc(S(=O)(=O)[O-])cc1. The van der Waals surface area contributed by atoms with Crippen molar-refractivity contribution in [2.75, 3.05) is 0 Å². The second-order valence-corrected chi connectivity index (χ2v) is 8.84. The van der Waals surface area contributed by atoms with Crippen molar-refractivity contribution < 1.29 is 25.9 Å². The first-order chi connectivity index (χ1) is 12.1. The molecule has 0 heterocycles. The number of benzene rings is 2. The molecule has 0 spiro atoms. The topological polar surface area (TPSA) is 114 Å². The van der Waals surface area contributed by atoms with Gasteiger partial charge in [-0.2, -0.15) is 0 Å². The molecule has 142 valence electrons. The molecule has 2 rings (SSSR count). The van der Waals surface area contributed by atoms with Gasteiger partial charge in [-0.05, 0) is 60.1 Å². The molecule has 0 fully saturated rings. The highest BCUT2D eigenvalue weighted by molar-refractivity contribution is 7.86. The molecule has 2 aromatic rings. The fourth-order valence-corrected chi connectivity index (χ4v) is 4.21. The van der Waals surface area contributed by atoms with Gasteiger partial charge in [0.2, 0.25) is 0 Å². The molecule has 0 aliphatic carbocycles. The molecule has 26 heavy (non-hydrogen) atoms. The van der Waals surface area contributed by atoms with E-state index in [4.69, 9.17) is 0 Å². The largest absolute Gasteiger partial charge is 0.744 e. The Hall–Kier alpha value is -1.74. The van der Waals surface area contributed by atoms with Crippen molar-refractivity contribution in [3.8, 4) is 0 Å². The Bertz CT molecular complexity index is 864. The first kappa shape index (κ1) is 20.6. The molecule has 2 atom stereocenters. The van der Waals surface area contributed by atoms with Crippen LogP contribution in [0.15, 0.2) is 58.3 Å². The van der Waals surface area contributed by atoms with Gasteiger partial charge in [0.1, 0.15) is 20.2 Å². The average Bonchev–Trinajstić information content (AvgIpc) is 2.58. The van der Waals surface area contributed by atoms with E-state index in [1.807, 2.05) is 13.8 Å². The van der Waals surface area contributed by atoms with E-state index >= 15 is 0 Å². The average molecular weight is 396 g/mol. The zero-order chi connectivity index (χ0) is 19.5. The van der Waals surface area contributed by atoms with E-state index in [1.165, 1.54) is 24.3 Å². The van der Waals surface area contributed by atoms with Crippen molar-refractivity contribution in [1.82, 2.24) is 0 Å². The summed E-state index contributed by atoms with van der Waals surface area (Å²) in [6.45, 7) is 4.00. The minimum absolute atomic E-state index is 0.0538. The predicted molar refractivity (Wildman–Crippen MR) is 94.9 cm³/mol. The summed E-state index contributed by atoms with van der Waals surface area (Å²) in [5, 5.41) is 0. The van der Waals surface area contributed by atoms with Crippen LogP contribution in [0.3, 0.4) is 0 Å². The van der Waals surface area contributed by atoms with Gasteiger partial charge in [-0.1, -0.05) is 38.1 Å². The summed E-state index contributed by atoms with van der Waals surface area (Å²) in [5.74, 6) is 0.108. The van der Waals surface area contributed by atoms with Crippen molar-refractivity contribution in [2.45, 2.75) is 48.3 Å². The molecule has 0 N–H and O–H groups in total. The van der Waals surface area contributed by atoms with Crippen LogP contribution >= 0.6 is 0 Å². The number of rotatable bonds is 7. The van der Waals surface area contributed by atoms with Gasteiger partial charge in [-0.25, -0.2) is 16.8 Å². The van der Waals surface area contributed by atoms with E-state index in [9.17, 15) is 25.9 Å². The molecule has 0 aliphatic rings. The fourth-order valence-electron chi connectivity index (χ4n) is 3.27. The molecule has 0 saturated heterocycles. The Kier molecular flexibility index (Phi) is 6.23. The van der Waals surface area contributed by atoms with Crippen molar-refractivity contribution in [2.24, 2.45) is 0 Å². The maximum Gasteiger partial charge on any atom is 0.124 e. The lowest BCUT2D eigenvalue weighted by molar-refractivity contribution is 0.460. The van der Waals surface area contributed by atoms with Crippen molar-refractivity contribution in [1.29, 1.82) is 0 Å². The van der Waals surface area contributed by atoms with E-state index in [-0.39, 0.29) is 21.6 Å². The number of hydrogen-bond acceptors (Lipinski definition) is 6. The van der Waals surface area contributed by atoms with Crippen molar-refractivity contribution >= 4 is 20.2 Å². The first-order valence-electron chi connectivity index (χ1n) is 8.19. The van der Waals surface area contributed by atoms with Gasteiger partial charge < -0.3 is 9.11 Å². The van der Waals surface area contributed by atoms with E-state index in [0.717, 1.165) is 24.0 Å². The van der Waals surface area contributed by atoms with Crippen LogP contribution in [-0.2, 0) is 20.2 Å². The molecule has 0 aliphatic heterocycles. The van der Waals surface area contributed by atoms with E-state index in [2.05, 4.69) is 0 Å². The molecule has 0 saturated carbocycles. The molecule has 6 nitrogen and oxygen atoms in total. The smallest absolute Gasteiger partial charge is 0.124 e. The Morgan fingerprint density at radius 1 is 0.654 bits per heavy atom. The minimum atomic E-state index is -4.49. The molecule has 0 unspecified atom stereocenters. The van der Waals surface area contributed by atoms with Crippen molar-refractivity contribution in [3.05, 3.63) is 59.7 Å². The summed E-state index contributed by atoms with van der Waals surface area (Å²) in [4.78, 5) is -0.539. The standard InChI is InChI=1S/C18H22O6S2/c1-3-17(13-5-9-15(10-6-13)25(19,20)21)18(4-2)14-7-11-16(12-8-14)26(22,23)24/h5-12,17-18H,3-4H2,1-2H3,(H,19,20,21)(H,22,23,24)/p-2/t17-,18+.